The first-order chi connectivity index (χ1) is 9.52. The van der Waals surface area contributed by atoms with Gasteiger partial charge in [-0.15, -0.1) is 0 Å². The zero-order valence-electron chi connectivity index (χ0n) is 12.4. The van der Waals surface area contributed by atoms with E-state index in [-0.39, 0.29) is 12.0 Å². The van der Waals surface area contributed by atoms with E-state index in [1.807, 2.05) is 32.9 Å². The maximum absolute atomic E-state index is 11.8. The quantitative estimate of drug-likeness (QED) is 0.717. The second-order valence-electron chi connectivity index (χ2n) is 4.71. The van der Waals surface area contributed by atoms with Gasteiger partial charge < -0.3 is 20.5 Å². The number of rotatable bonds is 8. The van der Waals surface area contributed by atoms with Gasteiger partial charge in [0, 0.05) is 18.0 Å². The number of aryl methyl sites for hydroxylation is 1. The summed E-state index contributed by atoms with van der Waals surface area (Å²) in [5, 5.41) is 2.84. The molecule has 1 aromatic carbocycles. The van der Waals surface area contributed by atoms with Crippen molar-refractivity contribution in [2.24, 2.45) is 0 Å². The summed E-state index contributed by atoms with van der Waals surface area (Å²) in [5.41, 5.74) is 8.06. The first kappa shape index (κ1) is 16.5. The molecule has 1 rings (SSSR count). The molecule has 0 radical (unpaired) electrons. The number of nitrogens with two attached hydrogens (primary N) is 1. The molecule has 0 aromatic heterocycles. The molecule has 0 spiro atoms. The van der Waals surface area contributed by atoms with Crippen molar-refractivity contribution in [2.45, 2.75) is 33.3 Å². The van der Waals surface area contributed by atoms with Gasteiger partial charge in [-0.1, -0.05) is 6.07 Å². The third kappa shape index (κ3) is 6.04. The lowest BCUT2D eigenvalue weighted by molar-refractivity contribution is -0.118. The van der Waals surface area contributed by atoms with E-state index in [0.29, 0.717) is 31.9 Å². The van der Waals surface area contributed by atoms with Gasteiger partial charge in [-0.2, -0.15) is 0 Å². The average molecular weight is 280 g/mol. The molecular weight excluding hydrogens is 256 g/mol. The number of anilines is 2. The largest absolute Gasteiger partial charge is 0.399 e. The van der Waals surface area contributed by atoms with Crippen molar-refractivity contribution < 1.29 is 14.3 Å². The van der Waals surface area contributed by atoms with Crippen molar-refractivity contribution in [1.82, 2.24) is 0 Å². The van der Waals surface area contributed by atoms with Crippen molar-refractivity contribution in [1.29, 1.82) is 0 Å². The molecule has 0 saturated carbocycles. The van der Waals surface area contributed by atoms with E-state index in [1.165, 1.54) is 0 Å². The molecule has 0 aliphatic rings. The minimum atomic E-state index is -0.0812. The predicted octanol–water partition coefficient (Wildman–Crippen LogP) is 2.35. The van der Waals surface area contributed by atoms with Crippen LogP contribution in [0.15, 0.2) is 18.2 Å². The van der Waals surface area contributed by atoms with Crippen LogP contribution in [0, 0.1) is 6.92 Å². The highest BCUT2D eigenvalue weighted by Gasteiger charge is 2.07. The molecule has 20 heavy (non-hydrogen) atoms. The molecule has 1 aromatic rings. The van der Waals surface area contributed by atoms with Crippen molar-refractivity contribution in [3.8, 4) is 0 Å². The molecule has 5 heteroatoms. The van der Waals surface area contributed by atoms with Gasteiger partial charge in [0.15, 0.2) is 0 Å². The predicted molar refractivity (Wildman–Crippen MR) is 80.7 cm³/mol. The summed E-state index contributed by atoms with van der Waals surface area (Å²) in [6, 6.07) is 5.45. The summed E-state index contributed by atoms with van der Waals surface area (Å²) in [6.45, 7) is 7.39. The van der Waals surface area contributed by atoms with Crippen LogP contribution in [-0.2, 0) is 14.3 Å². The minimum absolute atomic E-state index is 0.00291. The third-order valence-corrected chi connectivity index (χ3v) is 2.82. The summed E-state index contributed by atoms with van der Waals surface area (Å²) in [5.74, 6) is -0.0812. The molecule has 112 valence electrons. The van der Waals surface area contributed by atoms with Gasteiger partial charge in [-0.05, 0) is 38.5 Å². The normalized spacial score (nSPS) is 12.2. The molecule has 1 amide bonds. The number of hydrogen-bond acceptors (Lipinski definition) is 4. The number of hydrogen-bond donors (Lipinski definition) is 2. The van der Waals surface area contributed by atoms with Crippen LogP contribution in [0.1, 0.15) is 25.8 Å². The lowest BCUT2D eigenvalue weighted by Gasteiger charge is -2.13. The van der Waals surface area contributed by atoms with Crippen LogP contribution in [0.4, 0.5) is 11.4 Å². The van der Waals surface area contributed by atoms with Crippen LogP contribution in [0.2, 0.25) is 0 Å². The zero-order chi connectivity index (χ0) is 15.0. The maximum Gasteiger partial charge on any atom is 0.226 e. The number of nitrogens with one attached hydrogen (secondary N) is 1. The Balaban J connectivity index is 2.31. The van der Waals surface area contributed by atoms with Crippen LogP contribution >= 0.6 is 0 Å². The SMILES string of the molecule is CCOCC(C)OCCC(=O)Nc1cc(N)ccc1C. The molecular formula is C15H24N2O3. The Labute approximate surface area is 120 Å². The highest BCUT2D eigenvalue weighted by Crippen LogP contribution is 2.18. The standard InChI is InChI=1S/C15H24N2O3/c1-4-19-10-12(3)20-8-7-15(18)17-14-9-13(16)6-5-11(14)2/h5-6,9,12H,4,7-8,10,16H2,1-3H3,(H,17,18). The van der Waals surface area contributed by atoms with Gasteiger partial charge in [-0.25, -0.2) is 0 Å². The minimum Gasteiger partial charge on any atom is -0.399 e. The van der Waals surface area contributed by atoms with Gasteiger partial charge in [0.25, 0.3) is 0 Å². The molecule has 0 aliphatic carbocycles. The fraction of sp³-hybridized carbons (Fsp3) is 0.533. The van der Waals surface area contributed by atoms with Gasteiger partial charge in [0.2, 0.25) is 5.91 Å². The summed E-state index contributed by atoms with van der Waals surface area (Å²) in [4.78, 5) is 11.8. The summed E-state index contributed by atoms with van der Waals surface area (Å²) in [6.07, 6.45) is 0.307. The smallest absolute Gasteiger partial charge is 0.226 e. The first-order valence-electron chi connectivity index (χ1n) is 6.88. The second-order valence-corrected chi connectivity index (χ2v) is 4.71. The van der Waals surface area contributed by atoms with Crippen LogP contribution in [-0.4, -0.2) is 31.8 Å². The van der Waals surface area contributed by atoms with Crippen LogP contribution in [0.25, 0.3) is 0 Å². The summed E-state index contributed by atoms with van der Waals surface area (Å²) < 4.78 is 10.7. The van der Waals surface area contributed by atoms with Gasteiger partial charge >= 0.3 is 0 Å². The first-order valence-corrected chi connectivity index (χ1v) is 6.88. The van der Waals surface area contributed by atoms with Crippen LogP contribution in [0.5, 0.6) is 0 Å². The van der Waals surface area contributed by atoms with Crippen molar-refractivity contribution in [3.63, 3.8) is 0 Å². The highest BCUT2D eigenvalue weighted by molar-refractivity contribution is 5.92. The Kier molecular flexibility index (Phi) is 7.04. The number of carbonyl (C=O) groups is 1. The number of carbonyl (C=O) groups excluding carboxylic acids is 1. The monoisotopic (exact) mass is 280 g/mol. The second kappa shape index (κ2) is 8.55. The van der Waals surface area contributed by atoms with Crippen molar-refractivity contribution in [2.75, 3.05) is 30.9 Å². The Morgan fingerprint density at radius 2 is 2.20 bits per heavy atom. The molecule has 0 aliphatic heterocycles. The summed E-state index contributed by atoms with van der Waals surface area (Å²) in [7, 11) is 0. The third-order valence-electron chi connectivity index (χ3n) is 2.82. The Hall–Kier alpha value is -1.59. The van der Waals surface area contributed by atoms with E-state index in [4.69, 9.17) is 15.2 Å². The summed E-state index contributed by atoms with van der Waals surface area (Å²) >= 11 is 0. The molecule has 5 nitrogen and oxygen atoms in total. The van der Waals surface area contributed by atoms with Crippen LogP contribution < -0.4 is 11.1 Å². The molecule has 1 unspecified atom stereocenters. The van der Waals surface area contributed by atoms with E-state index in [9.17, 15) is 4.79 Å². The molecule has 3 N–H and O–H groups in total. The molecule has 1 atom stereocenters. The fourth-order valence-electron chi connectivity index (χ4n) is 1.67. The van der Waals surface area contributed by atoms with E-state index in [0.717, 1.165) is 11.3 Å². The van der Waals surface area contributed by atoms with E-state index in [1.54, 1.807) is 6.07 Å². The molecule has 0 bridgehead atoms. The van der Waals surface area contributed by atoms with E-state index >= 15 is 0 Å². The Morgan fingerprint density at radius 3 is 2.90 bits per heavy atom. The molecule has 0 heterocycles. The van der Waals surface area contributed by atoms with Gasteiger partial charge in [-0.3, -0.25) is 4.79 Å². The maximum atomic E-state index is 11.8. The van der Waals surface area contributed by atoms with Gasteiger partial charge in [0.1, 0.15) is 0 Å². The number of benzene rings is 1. The molecule has 0 fully saturated rings. The zero-order valence-corrected chi connectivity index (χ0v) is 12.4. The topological polar surface area (TPSA) is 73.6 Å². The lowest BCUT2D eigenvalue weighted by atomic mass is 10.2. The molecule has 0 saturated heterocycles. The highest BCUT2D eigenvalue weighted by atomic mass is 16.5. The van der Waals surface area contributed by atoms with E-state index < -0.39 is 0 Å². The van der Waals surface area contributed by atoms with Crippen molar-refractivity contribution >= 4 is 17.3 Å². The van der Waals surface area contributed by atoms with Crippen LogP contribution in [0.3, 0.4) is 0 Å². The van der Waals surface area contributed by atoms with E-state index in [2.05, 4.69) is 5.32 Å². The average Bonchev–Trinajstić information content (AvgIpc) is 2.40. The number of nitrogen functional groups attached to an aromatic ring is 1. The Morgan fingerprint density at radius 1 is 1.45 bits per heavy atom. The Bertz CT molecular complexity index is 435. The fourth-order valence-corrected chi connectivity index (χ4v) is 1.67. The number of ether oxygens (including phenoxy) is 2. The van der Waals surface area contributed by atoms with Gasteiger partial charge in [0.05, 0.1) is 25.7 Å². The number of amides is 1. The van der Waals surface area contributed by atoms with Crippen molar-refractivity contribution in [3.05, 3.63) is 23.8 Å². The lowest BCUT2D eigenvalue weighted by Crippen LogP contribution is -2.20.